The molecule has 1 aromatic carbocycles. The van der Waals surface area contributed by atoms with Crippen LogP contribution < -0.4 is 10.6 Å². The van der Waals surface area contributed by atoms with E-state index < -0.39 is 5.97 Å². The molecule has 0 saturated carbocycles. The van der Waals surface area contributed by atoms with Crippen LogP contribution in [-0.2, 0) is 11.3 Å². The van der Waals surface area contributed by atoms with Crippen LogP contribution in [0.15, 0.2) is 24.3 Å². The van der Waals surface area contributed by atoms with Crippen LogP contribution in [0.25, 0.3) is 0 Å². The van der Waals surface area contributed by atoms with Crippen molar-refractivity contribution in [3.8, 4) is 0 Å². The van der Waals surface area contributed by atoms with Gasteiger partial charge in [0.25, 0.3) is 0 Å². The Hall–Kier alpha value is -2.08. The minimum atomic E-state index is -0.786. The van der Waals surface area contributed by atoms with Gasteiger partial charge in [-0.3, -0.25) is 4.79 Å². The number of aliphatic carboxylic acids is 1. The van der Waals surface area contributed by atoms with Crippen molar-refractivity contribution in [2.75, 3.05) is 19.6 Å². The molecule has 2 heterocycles. The van der Waals surface area contributed by atoms with E-state index in [4.69, 9.17) is 0 Å². The van der Waals surface area contributed by atoms with Crippen molar-refractivity contribution in [3.63, 3.8) is 0 Å². The van der Waals surface area contributed by atoms with Crippen LogP contribution in [0.1, 0.15) is 74.8 Å². The number of rotatable bonds is 8. The molecule has 0 bridgehead atoms. The molecule has 0 aromatic heterocycles. The van der Waals surface area contributed by atoms with Crippen LogP contribution in [0, 0.1) is 0 Å². The second-order valence-electron chi connectivity index (χ2n) is 8.43. The van der Waals surface area contributed by atoms with Crippen molar-refractivity contribution in [2.45, 2.75) is 76.3 Å². The predicted octanol–water partition coefficient (Wildman–Crippen LogP) is 3.86. The first-order chi connectivity index (χ1) is 14.1. The Morgan fingerprint density at radius 3 is 2.79 bits per heavy atom. The van der Waals surface area contributed by atoms with Crippen LogP contribution in [0.2, 0.25) is 0 Å². The summed E-state index contributed by atoms with van der Waals surface area (Å²) in [4.78, 5) is 25.7. The number of carboxylic acids is 1. The van der Waals surface area contributed by atoms with Gasteiger partial charge in [-0.15, -0.1) is 0 Å². The molecule has 2 unspecified atom stereocenters. The van der Waals surface area contributed by atoms with E-state index >= 15 is 0 Å². The second-order valence-corrected chi connectivity index (χ2v) is 8.43. The summed E-state index contributed by atoms with van der Waals surface area (Å²) in [6, 6.07) is 8.57. The third-order valence-electron chi connectivity index (χ3n) is 6.23. The van der Waals surface area contributed by atoms with Crippen LogP contribution in [0.5, 0.6) is 0 Å². The molecule has 0 spiro atoms. The monoisotopic (exact) mass is 401 g/mol. The maximum Gasteiger partial charge on any atom is 0.317 e. The number of nitrogens with one attached hydrogen (secondary N) is 2. The van der Waals surface area contributed by atoms with E-state index in [1.165, 1.54) is 32.1 Å². The first kappa shape index (κ1) is 21.6. The number of hydrogen-bond acceptors (Lipinski definition) is 3. The Kier molecular flexibility index (Phi) is 8.35. The van der Waals surface area contributed by atoms with Gasteiger partial charge in [-0.1, -0.05) is 43.5 Å². The highest BCUT2D eigenvalue weighted by atomic mass is 16.4. The van der Waals surface area contributed by atoms with Gasteiger partial charge in [0.1, 0.15) is 0 Å². The standard InChI is InChI=1S/C23H35N3O3/c27-22(28)16-18-12-15-26(17-19-8-3-4-11-21(18)19)23(29)25-14-6-1-2-9-20-10-5-7-13-24-20/h3-4,8,11,18,20,24H,1-2,5-7,9-10,12-17H2,(H,25,29)(H,27,28). The van der Waals surface area contributed by atoms with Crippen molar-refractivity contribution in [1.29, 1.82) is 0 Å². The van der Waals surface area contributed by atoms with E-state index in [-0.39, 0.29) is 18.4 Å². The van der Waals surface area contributed by atoms with Gasteiger partial charge < -0.3 is 20.6 Å². The van der Waals surface area contributed by atoms with Gasteiger partial charge in [-0.2, -0.15) is 0 Å². The molecule has 3 rings (SSSR count). The Morgan fingerprint density at radius 1 is 1.14 bits per heavy atom. The molecular formula is C23H35N3O3. The molecule has 0 radical (unpaired) electrons. The number of carboxylic acid groups (broad SMARTS) is 1. The Morgan fingerprint density at radius 2 is 2.00 bits per heavy atom. The lowest BCUT2D eigenvalue weighted by Crippen LogP contribution is -2.40. The Bertz CT molecular complexity index is 673. The summed E-state index contributed by atoms with van der Waals surface area (Å²) >= 11 is 0. The normalized spacial score (nSPS) is 21.9. The number of nitrogens with zero attached hydrogens (tertiary/aromatic N) is 1. The highest BCUT2D eigenvalue weighted by molar-refractivity contribution is 5.74. The van der Waals surface area contributed by atoms with Crippen LogP contribution >= 0.6 is 0 Å². The number of piperidine rings is 1. The SMILES string of the molecule is O=C(O)CC1CCN(C(=O)NCCCCCC2CCCCN2)Cc2ccccc21. The average Bonchev–Trinajstić information content (AvgIpc) is 2.91. The number of amides is 2. The second kappa shape index (κ2) is 11.2. The van der Waals surface area contributed by atoms with Gasteiger partial charge in [-0.25, -0.2) is 4.79 Å². The number of carbonyl (C=O) groups is 2. The molecule has 1 fully saturated rings. The van der Waals surface area contributed by atoms with Crippen LogP contribution in [0.3, 0.4) is 0 Å². The maximum atomic E-state index is 12.7. The zero-order chi connectivity index (χ0) is 20.5. The predicted molar refractivity (Wildman–Crippen MR) is 114 cm³/mol. The zero-order valence-electron chi connectivity index (χ0n) is 17.4. The van der Waals surface area contributed by atoms with Crippen LogP contribution in [0.4, 0.5) is 4.79 Å². The number of hydrogen-bond donors (Lipinski definition) is 3. The summed E-state index contributed by atoms with van der Waals surface area (Å²) < 4.78 is 0. The van der Waals surface area contributed by atoms with Crippen molar-refractivity contribution in [1.82, 2.24) is 15.5 Å². The summed E-state index contributed by atoms with van der Waals surface area (Å²) in [5.41, 5.74) is 2.13. The average molecular weight is 402 g/mol. The summed E-state index contributed by atoms with van der Waals surface area (Å²) in [6.07, 6.45) is 9.35. The smallest absolute Gasteiger partial charge is 0.317 e. The van der Waals surface area contributed by atoms with E-state index in [2.05, 4.69) is 10.6 Å². The van der Waals surface area contributed by atoms with E-state index in [0.717, 1.165) is 30.5 Å². The molecule has 29 heavy (non-hydrogen) atoms. The quantitative estimate of drug-likeness (QED) is 0.578. The lowest BCUT2D eigenvalue weighted by atomic mass is 9.90. The summed E-state index contributed by atoms with van der Waals surface area (Å²) in [6.45, 7) is 3.00. The van der Waals surface area contributed by atoms with Gasteiger partial charge in [0.15, 0.2) is 0 Å². The lowest BCUT2D eigenvalue weighted by molar-refractivity contribution is -0.137. The fourth-order valence-electron chi connectivity index (χ4n) is 4.59. The van der Waals surface area contributed by atoms with Gasteiger partial charge >= 0.3 is 12.0 Å². The number of urea groups is 1. The fraction of sp³-hybridized carbons (Fsp3) is 0.652. The zero-order valence-corrected chi connectivity index (χ0v) is 17.4. The molecule has 2 aliphatic heterocycles. The third kappa shape index (κ3) is 6.74. The first-order valence-corrected chi connectivity index (χ1v) is 11.2. The van der Waals surface area contributed by atoms with E-state index in [0.29, 0.717) is 32.1 Å². The molecule has 2 atom stereocenters. The Labute approximate surface area is 174 Å². The molecule has 6 nitrogen and oxygen atoms in total. The number of carbonyl (C=O) groups excluding carboxylic acids is 1. The Balaban J connectivity index is 1.41. The molecule has 2 aliphatic rings. The largest absolute Gasteiger partial charge is 0.481 e. The molecule has 0 aliphatic carbocycles. The molecule has 160 valence electrons. The molecule has 1 saturated heterocycles. The molecule has 2 amide bonds. The number of fused-ring (bicyclic) bond motifs is 1. The van der Waals surface area contributed by atoms with E-state index in [1.807, 2.05) is 29.2 Å². The number of benzene rings is 1. The molecule has 1 aromatic rings. The van der Waals surface area contributed by atoms with Crippen molar-refractivity contribution in [3.05, 3.63) is 35.4 Å². The van der Waals surface area contributed by atoms with Gasteiger partial charge in [-0.05, 0) is 55.7 Å². The van der Waals surface area contributed by atoms with E-state index in [1.54, 1.807) is 0 Å². The maximum absolute atomic E-state index is 12.7. The first-order valence-electron chi connectivity index (χ1n) is 11.2. The topological polar surface area (TPSA) is 81.7 Å². The van der Waals surface area contributed by atoms with Gasteiger partial charge in [0.2, 0.25) is 0 Å². The fourth-order valence-corrected chi connectivity index (χ4v) is 4.59. The van der Waals surface area contributed by atoms with Crippen molar-refractivity contribution < 1.29 is 14.7 Å². The lowest BCUT2D eigenvalue weighted by Gasteiger charge is -2.23. The van der Waals surface area contributed by atoms with E-state index in [9.17, 15) is 14.7 Å². The minimum Gasteiger partial charge on any atom is -0.481 e. The van der Waals surface area contributed by atoms with Gasteiger partial charge in [0, 0.05) is 25.7 Å². The van der Waals surface area contributed by atoms with Crippen LogP contribution in [-0.4, -0.2) is 47.7 Å². The molecule has 6 heteroatoms. The summed E-state index contributed by atoms with van der Waals surface area (Å²) in [7, 11) is 0. The van der Waals surface area contributed by atoms with Gasteiger partial charge in [0.05, 0.1) is 6.42 Å². The van der Waals surface area contributed by atoms with Crippen molar-refractivity contribution in [2.24, 2.45) is 0 Å². The third-order valence-corrected chi connectivity index (χ3v) is 6.23. The molecular weight excluding hydrogens is 366 g/mol. The summed E-state index contributed by atoms with van der Waals surface area (Å²) in [5, 5.41) is 15.9. The highest BCUT2D eigenvalue weighted by Gasteiger charge is 2.26. The summed E-state index contributed by atoms with van der Waals surface area (Å²) in [5.74, 6) is -0.818. The molecule has 3 N–H and O–H groups in total. The highest BCUT2D eigenvalue weighted by Crippen LogP contribution is 2.31. The number of unbranched alkanes of at least 4 members (excludes halogenated alkanes) is 2. The van der Waals surface area contributed by atoms with Crippen molar-refractivity contribution >= 4 is 12.0 Å². The minimum absolute atomic E-state index is 0.0325.